The number of benzene rings is 3. The average molecular weight is 276 g/mol. The summed E-state index contributed by atoms with van der Waals surface area (Å²) in [4.78, 5) is 0. The number of fused-ring (bicyclic) bond motifs is 2. The lowest BCUT2D eigenvalue weighted by Gasteiger charge is -2.06. The molecule has 0 radical (unpaired) electrons. The van der Waals surface area contributed by atoms with Crippen molar-refractivity contribution in [2.45, 2.75) is 45.4 Å². The lowest BCUT2D eigenvalue weighted by molar-refractivity contribution is 0.632. The Bertz CT molecular complexity index is 724. The SMILES string of the molecule is CCCCCCCc1ccc2cc3ccccc3cc2c1. The van der Waals surface area contributed by atoms with Gasteiger partial charge in [0.05, 0.1) is 0 Å². The van der Waals surface area contributed by atoms with Crippen LogP contribution < -0.4 is 0 Å². The topological polar surface area (TPSA) is 0 Å². The molecule has 0 amide bonds. The minimum absolute atomic E-state index is 1.21. The van der Waals surface area contributed by atoms with Gasteiger partial charge in [0.25, 0.3) is 0 Å². The van der Waals surface area contributed by atoms with Crippen molar-refractivity contribution in [3.63, 3.8) is 0 Å². The van der Waals surface area contributed by atoms with Crippen LogP contribution in [0.3, 0.4) is 0 Å². The molecule has 0 spiro atoms. The minimum atomic E-state index is 1.21. The van der Waals surface area contributed by atoms with Crippen molar-refractivity contribution in [3.05, 3.63) is 60.2 Å². The zero-order valence-corrected chi connectivity index (χ0v) is 12.9. The predicted octanol–water partition coefficient (Wildman–Crippen LogP) is 6.51. The Hall–Kier alpha value is -1.82. The summed E-state index contributed by atoms with van der Waals surface area (Å²) in [6.07, 6.45) is 7.98. The van der Waals surface area contributed by atoms with Crippen LogP contribution in [0.25, 0.3) is 21.5 Å². The van der Waals surface area contributed by atoms with E-state index in [1.165, 1.54) is 65.6 Å². The monoisotopic (exact) mass is 276 g/mol. The number of unbranched alkanes of at least 4 members (excludes halogenated alkanes) is 4. The molecule has 0 aliphatic heterocycles. The fourth-order valence-corrected chi connectivity index (χ4v) is 3.08. The third kappa shape index (κ3) is 3.44. The van der Waals surface area contributed by atoms with Gasteiger partial charge in [-0.25, -0.2) is 0 Å². The Morgan fingerprint density at radius 1 is 0.619 bits per heavy atom. The van der Waals surface area contributed by atoms with Crippen LogP contribution in [0.5, 0.6) is 0 Å². The standard InChI is InChI=1S/C21H24/c1-2-3-4-5-6-9-17-12-13-20-15-18-10-7-8-11-19(18)16-21(20)14-17/h7-8,10-16H,2-6,9H2,1H3. The van der Waals surface area contributed by atoms with Gasteiger partial charge >= 0.3 is 0 Å². The molecule has 0 atom stereocenters. The van der Waals surface area contributed by atoms with Gasteiger partial charge in [0.15, 0.2) is 0 Å². The molecule has 0 aliphatic carbocycles. The first-order chi connectivity index (χ1) is 10.4. The van der Waals surface area contributed by atoms with Gasteiger partial charge in [0.2, 0.25) is 0 Å². The Kier molecular flexibility index (Phi) is 4.55. The molecule has 21 heavy (non-hydrogen) atoms. The molecule has 0 nitrogen and oxygen atoms in total. The summed E-state index contributed by atoms with van der Waals surface area (Å²) in [7, 11) is 0. The molecule has 0 N–H and O–H groups in total. The van der Waals surface area contributed by atoms with E-state index in [2.05, 4.69) is 61.5 Å². The van der Waals surface area contributed by atoms with Crippen molar-refractivity contribution in [1.82, 2.24) is 0 Å². The highest BCUT2D eigenvalue weighted by atomic mass is 14.0. The molecule has 108 valence electrons. The van der Waals surface area contributed by atoms with Gasteiger partial charge in [0.1, 0.15) is 0 Å². The molecule has 3 rings (SSSR count). The van der Waals surface area contributed by atoms with E-state index in [0.717, 1.165) is 0 Å². The van der Waals surface area contributed by atoms with E-state index in [4.69, 9.17) is 0 Å². The number of aryl methyl sites for hydroxylation is 1. The normalized spacial score (nSPS) is 11.3. The number of hydrogen-bond donors (Lipinski definition) is 0. The molecule has 0 fully saturated rings. The van der Waals surface area contributed by atoms with Crippen LogP contribution in [0, 0.1) is 0 Å². The van der Waals surface area contributed by atoms with Gasteiger partial charge < -0.3 is 0 Å². The van der Waals surface area contributed by atoms with E-state index in [0.29, 0.717) is 0 Å². The highest BCUT2D eigenvalue weighted by Gasteiger charge is 2.00. The quantitative estimate of drug-likeness (QED) is 0.356. The lowest BCUT2D eigenvalue weighted by Crippen LogP contribution is -1.87. The Morgan fingerprint density at radius 3 is 2.05 bits per heavy atom. The minimum Gasteiger partial charge on any atom is -0.0654 e. The van der Waals surface area contributed by atoms with Gasteiger partial charge in [-0.15, -0.1) is 0 Å². The van der Waals surface area contributed by atoms with Crippen molar-refractivity contribution in [2.24, 2.45) is 0 Å². The molecule has 0 saturated carbocycles. The average Bonchev–Trinajstić information content (AvgIpc) is 2.52. The van der Waals surface area contributed by atoms with Gasteiger partial charge in [-0.3, -0.25) is 0 Å². The van der Waals surface area contributed by atoms with Crippen LogP contribution in [0.15, 0.2) is 54.6 Å². The first kappa shape index (κ1) is 14.1. The summed E-state index contributed by atoms with van der Waals surface area (Å²) in [6, 6.07) is 20.2. The maximum atomic E-state index is 2.38. The van der Waals surface area contributed by atoms with Crippen LogP contribution in [0.1, 0.15) is 44.6 Å². The van der Waals surface area contributed by atoms with Gasteiger partial charge in [-0.1, -0.05) is 75.1 Å². The largest absolute Gasteiger partial charge is 0.0654 e. The first-order valence-corrected chi connectivity index (χ1v) is 8.28. The highest BCUT2D eigenvalue weighted by Crippen LogP contribution is 2.24. The number of hydrogen-bond acceptors (Lipinski definition) is 0. The molecule has 0 bridgehead atoms. The fourth-order valence-electron chi connectivity index (χ4n) is 3.08. The maximum absolute atomic E-state index is 2.38. The summed E-state index contributed by atoms with van der Waals surface area (Å²) in [5.41, 5.74) is 1.48. The number of rotatable bonds is 6. The van der Waals surface area contributed by atoms with Crippen molar-refractivity contribution < 1.29 is 0 Å². The fraction of sp³-hybridized carbons (Fsp3) is 0.333. The second-order valence-electron chi connectivity index (χ2n) is 6.05. The van der Waals surface area contributed by atoms with E-state index in [-0.39, 0.29) is 0 Å². The molecular formula is C21H24. The first-order valence-electron chi connectivity index (χ1n) is 8.28. The van der Waals surface area contributed by atoms with Crippen LogP contribution in [-0.4, -0.2) is 0 Å². The van der Waals surface area contributed by atoms with Crippen molar-refractivity contribution in [1.29, 1.82) is 0 Å². The Balaban J connectivity index is 1.77. The summed E-state index contributed by atoms with van der Waals surface area (Å²) in [6.45, 7) is 2.27. The third-order valence-electron chi connectivity index (χ3n) is 4.34. The van der Waals surface area contributed by atoms with Crippen LogP contribution in [0.2, 0.25) is 0 Å². The van der Waals surface area contributed by atoms with Gasteiger partial charge in [0, 0.05) is 0 Å². The second-order valence-corrected chi connectivity index (χ2v) is 6.05. The molecule has 0 aromatic heterocycles. The second kappa shape index (κ2) is 6.76. The van der Waals surface area contributed by atoms with Crippen molar-refractivity contribution in [2.75, 3.05) is 0 Å². The zero-order valence-electron chi connectivity index (χ0n) is 12.9. The van der Waals surface area contributed by atoms with E-state index in [9.17, 15) is 0 Å². The molecule has 0 saturated heterocycles. The Labute approximate surface area is 127 Å². The maximum Gasteiger partial charge on any atom is -0.0175 e. The predicted molar refractivity (Wildman–Crippen MR) is 93.9 cm³/mol. The third-order valence-corrected chi connectivity index (χ3v) is 4.34. The van der Waals surface area contributed by atoms with Crippen molar-refractivity contribution in [3.8, 4) is 0 Å². The van der Waals surface area contributed by atoms with Gasteiger partial charge in [-0.2, -0.15) is 0 Å². The van der Waals surface area contributed by atoms with Crippen LogP contribution in [0.4, 0.5) is 0 Å². The molecule has 3 aromatic rings. The van der Waals surface area contributed by atoms with E-state index in [1.807, 2.05) is 0 Å². The smallest absolute Gasteiger partial charge is 0.0175 e. The van der Waals surface area contributed by atoms with E-state index < -0.39 is 0 Å². The zero-order chi connectivity index (χ0) is 14.5. The summed E-state index contributed by atoms with van der Waals surface area (Å²) in [5.74, 6) is 0. The van der Waals surface area contributed by atoms with Gasteiger partial charge in [-0.05, 0) is 52.1 Å². The highest BCUT2D eigenvalue weighted by molar-refractivity contribution is 5.98. The Morgan fingerprint density at radius 2 is 1.29 bits per heavy atom. The lowest BCUT2D eigenvalue weighted by atomic mass is 9.99. The summed E-state index contributed by atoms with van der Waals surface area (Å²) >= 11 is 0. The molecule has 0 heteroatoms. The molecule has 0 unspecified atom stereocenters. The summed E-state index contributed by atoms with van der Waals surface area (Å²) < 4.78 is 0. The van der Waals surface area contributed by atoms with E-state index in [1.54, 1.807) is 0 Å². The molecular weight excluding hydrogens is 252 g/mol. The van der Waals surface area contributed by atoms with Crippen LogP contribution in [-0.2, 0) is 6.42 Å². The van der Waals surface area contributed by atoms with Crippen LogP contribution >= 0.6 is 0 Å². The van der Waals surface area contributed by atoms with E-state index >= 15 is 0 Å². The molecule has 0 aliphatic rings. The van der Waals surface area contributed by atoms with Crippen molar-refractivity contribution >= 4 is 21.5 Å². The summed E-state index contributed by atoms with van der Waals surface area (Å²) in [5, 5.41) is 5.39. The molecule has 3 aromatic carbocycles. The molecule has 0 heterocycles.